The van der Waals surface area contributed by atoms with Crippen LogP contribution in [0.1, 0.15) is 232 Å². The predicted molar refractivity (Wildman–Crippen MR) is 205 cm³/mol. The summed E-state index contributed by atoms with van der Waals surface area (Å²) < 4.78 is 0. The highest BCUT2D eigenvalue weighted by Crippen LogP contribution is 2.17. The van der Waals surface area contributed by atoms with Gasteiger partial charge >= 0.3 is 0 Å². The van der Waals surface area contributed by atoms with Crippen LogP contribution in [0.25, 0.3) is 0 Å². The van der Waals surface area contributed by atoms with Crippen LogP contribution in [-0.2, 0) is 4.79 Å². The Labute approximate surface area is 299 Å². The number of carbonyl (C=O) groups excluding carboxylic acids is 1. The molecule has 0 aliphatic carbocycles. The fraction of sp³-hybridized carbons (Fsp3) is 0.976. The quantitative estimate of drug-likeness (QED) is 0.0414. The Morgan fingerprint density at radius 2 is 0.708 bits per heavy atom. The standard InChI is InChI=1S/C42H85NO5/c1-3-5-7-9-11-12-13-14-15-16-17-18-19-20-21-22-23-24-25-26-27-28-30-32-34-36-40(46)42(48)43-38(37-44)41(47)39(45)35-33-31-29-10-8-6-4-2/h38-41,44-47H,3-37H2,1-2H3,(H,43,48). The Balaban J connectivity index is 3.55. The molecule has 0 fully saturated rings. The minimum Gasteiger partial charge on any atom is -0.394 e. The van der Waals surface area contributed by atoms with Crippen LogP contribution in [0.4, 0.5) is 0 Å². The molecule has 0 heterocycles. The summed E-state index contributed by atoms with van der Waals surface area (Å²) in [6, 6.07) is -0.976. The average Bonchev–Trinajstić information content (AvgIpc) is 3.09. The third-order valence-electron chi connectivity index (χ3n) is 10.3. The number of aliphatic hydroxyl groups is 4. The van der Waals surface area contributed by atoms with E-state index >= 15 is 0 Å². The molecule has 0 spiro atoms. The topological polar surface area (TPSA) is 110 Å². The molecule has 288 valence electrons. The molecule has 6 heteroatoms. The van der Waals surface area contributed by atoms with Crippen LogP contribution in [0.3, 0.4) is 0 Å². The first-order valence-electron chi connectivity index (χ1n) is 21.4. The number of nitrogens with one attached hydrogen (secondary N) is 1. The monoisotopic (exact) mass is 684 g/mol. The first-order chi connectivity index (χ1) is 23.5. The fourth-order valence-electron chi connectivity index (χ4n) is 6.88. The Hall–Kier alpha value is -0.690. The lowest BCUT2D eigenvalue weighted by molar-refractivity contribution is -0.132. The van der Waals surface area contributed by atoms with Gasteiger partial charge < -0.3 is 25.7 Å². The van der Waals surface area contributed by atoms with Crippen LogP contribution in [-0.4, -0.2) is 57.3 Å². The van der Waals surface area contributed by atoms with E-state index in [-0.39, 0.29) is 0 Å². The summed E-state index contributed by atoms with van der Waals surface area (Å²) in [5.74, 6) is -0.583. The van der Waals surface area contributed by atoms with Crippen molar-refractivity contribution in [2.45, 2.75) is 257 Å². The highest BCUT2D eigenvalue weighted by Gasteiger charge is 2.28. The van der Waals surface area contributed by atoms with Crippen molar-refractivity contribution in [1.82, 2.24) is 5.32 Å². The molecule has 0 radical (unpaired) electrons. The van der Waals surface area contributed by atoms with E-state index in [1.54, 1.807) is 0 Å². The molecule has 48 heavy (non-hydrogen) atoms. The zero-order valence-electron chi connectivity index (χ0n) is 32.3. The first-order valence-corrected chi connectivity index (χ1v) is 21.4. The van der Waals surface area contributed by atoms with E-state index in [1.807, 2.05) is 0 Å². The average molecular weight is 684 g/mol. The summed E-state index contributed by atoms with van der Waals surface area (Å²) in [6.45, 7) is 4.00. The van der Waals surface area contributed by atoms with Crippen molar-refractivity contribution < 1.29 is 25.2 Å². The predicted octanol–water partition coefficient (Wildman–Crippen LogP) is 10.8. The normalized spacial score (nSPS) is 14.2. The van der Waals surface area contributed by atoms with E-state index in [0.29, 0.717) is 12.8 Å². The van der Waals surface area contributed by atoms with E-state index in [4.69, 9.17) is 0 Å². The van der Waals surface area contributed by atoms with Crippen LogP contribution < -0.4 is 5.32 Å². The Morgan fingerprint density at radius 3 is 1.00 bits per heavy atom. The van der Waals surface area contributed by atoms with Crippen molar-refractivity contribution >= 4 is 5.91 Å². The van der Waals surface area contributed by atoms with Gasteiger partial charge in [0, 0.05) is 0 Å². The van der Waals surface area contributed by atoms with Gasteiger partial charge in [-0.05, 0) is 12.8 Å². The van der Waals surface area contributed by atoms with Gasteiger partial charge in [0.2, 0.25) is 5.91 Å². The third-order valence-corrected chi connectivity index (χ3v) is 10.3. The van der Waals surface area contributed by atoms with Crippen LogP contribution in [0.15, 0.2) is 0 Å². The molecule has 4 unspecified atom stereocenters. The summed E-state index contributed by atoms with van der Waals surface area (Å²) >= 11 is 0. The molecule has 0 aromatic carbocycles. The SMILES string of the molecule is CCCCCCCCCCCCCCCCCCCCCCCCCCCC(O)C(=O)NC(CO)C(O)C(O)CCCCCCCCC. The van der Waals surface area contributed by atoms with Crippen molar-refractivity contribution in [3.63, 3.8) is 0 Å². The van der Waals surface area contributed by atoms with E-state index in [0.717, 1.165) is 38.5 Å². The fourth-order valence-corrected chi connectivity index (χ4v) is 6.88. The first kappa shape index (κ1) is 47.3. The number of amides is 1. The molecule has 4 atom stereocenters. The van der Waals surface area contributed by atoms with E-state index < -0.39 is 36.9 Å². The number of carbonyl (C=O) groups is 1. The van der Waals surface area contributed by atoms with Gasteiger partial charge in [0.05, 0.1) is 18.8 Å². The lowest BCUT2D eigenvalue weighted by Gasteiger charge is -2.27. The van der Waals surface area contributed by atoms with Gasteiger partial charge in [-0.25, -0.2) is 0 Å². The van der Waals surface area contributed by atoms with Crippen LogP contribution >= 0.6 is 0 Å². The van der Waals surface area contributed by atoms with Gasteiger partial charge in [-0.15, -0.1) is 0 Å². The van der Waals surface area contributed by atoms with Gasteiger partial charge in [-0.2, -0.15) is 0 Å². The molecule has 0 aromatic rings. The highest BCUT2D eigenvalue weighted by atomic mass is 16.3. The molecule has 6 nitrogen and oxygen atoms in total. The van der Waals surface area contributed by atoms with Gasteiger partial charge in [0.15, 0.2) is 0 Å². The zero-order chi connectivity index (χ0) is 35.3. The Bertz CT molecular complexity index is 648. The van der Waals surface area contributed by atoms with Crippen LogP contribution in [0.5, 0.6) is 0 Å². The van der Waals surface area contributed by atoms with Crippen molar-refractivity contribution in [3.05, 3.63) is 0 Å². The molecule has 0 aliphatic rings. The Kier molecular flexibility index (Phi) is 37.0. The molecular weight excluding hydrogens is 598 g/mol. The molecule has 0 saturated heterocycles. The van der Waals surface area contributed by atoms with Crippen molar-refractivity contribution in [2.75, 3.05) is 6.61 Å². The maximum atomic E-state index is 12.4. The second-order valence-corrected chi connectivity index (χ2v) is 15.1. The van der Waals surface area contributed by atoms with Crippen LogP contribution in [0, 0.1) is 0 Å². The molecule has 0 saturated carbocycles. The molecule has 0 aromatic heterocycles. The summed E-state index contributed by atoms with van der Waals surface area (Å²) in [4.78, 5) is 12.4. The zero-order valence-corrected chi connectivity index (χ0v) is 32.3. The van der Waals surface area contributed by atoms with Crippen molar-refractivity contribution in [3.8, 4) is 0 Å². The van der Waals surface area contributed by atoms with E-state index in [1.165, 1.54) is 167 Å². The van der Waals surface area contributed by atoms with Crippen molar-refractivity contribution in [1.29, 1.82) is 0 Å². The lowest BCUT2D eigenvalue weighted by atomic mass is 9.99. The van der Waals surface area contributed by atoms with Gasteiger partial charge in [0.1, 0.15) is 12.2 Å². The third kappa shape index (κ3) is 31.3. The Morgan fingerprint density at radius 1 is 0.438 bits per heavy atom. The van der Waals surface area contributed by atoms with E-state index in [9.17, 15) is 25.2 Å². The molecule has 0 aliphatic heterocycles. The molecule has 5 N–H and O–H groups in total. The van der Waals surface area contributed by atoms with Gasteiger partial charge in [-0.1, -0.05) is 219 Å². The summed E-state index contributed by atoms with van der Waals surface area (Å²) in [5.41, 5.74) is 0. The van der Waals surface area contributed by atoms with Crippen LogP contribution in [0.2, 0.25) is 0 Å². The largest absolute Gasteiger partial charge is 0.394 e. The second kappa shape index (κ2) is 37.6. The second-order valence-electron chi connectivity index (χ2n) is 15.1. The summed E-state index contributed by atoms with van der Waals surface area (Å²) in [5, 5.41) is 43.3. The van der Waals surface area contributed by atoms with Crippen molar-refractivity contribution in [2.24, 2.45) is 0 Å². The highest BCUT2D eigenvalue weighted by molar-refractivity contribution is 5.80. The smallest absolute Gasteiger partial charge is 0.249 e. The number of hydrogen-bond donors (Lipinski definition) is 5. The summed E-state index contributed by atoms with van der Waals surface area (Å²) in [7, 11) is 0. The molecule has 0 bridgehead atoms. The maximum absolute atomic E-state index is 12.4. The maximum Gasteiger partial charge on any atom is 0.249 e. The molecule has 0 rings (SSSR count). The van der Waals surface area contributed by atoms with Gasteiger partial charge in [-0.3, -0.25) is 4.79 Å². The van der Waals surface area contributed by atoms with E-state index in [2.05, 4.69) is 19.2 Å². The minimum atomic E-state index is -1.25. The number of hydrogen-bond acceptors (Lipinski definition) is 5. The lowest BCUT2D eigenvalue weighted by Crippen LogP contribution is -2.53. The number of aliphatic hydroxyl groups excluding tert-OH is 4. The van der Waals surface area contributed by atoms with Gasteiger partial charge in [0.25, 0.3) is 0 Å². The number of rotatable bonds is 39. The number of unbranched alkanes of at least 4 members (excludes halogenated alkanes) is 30. The molecule has 1 amide bonds. The minimum absolute atomic E-state index is 0.375. The molecular formula is C42H85NO5. The summed E-state index contributed by atoms with van der Waals surface area (Å²) in [6.07, 6.45) is 38.8.